The first-order valence-electron chi connectivity index (χ1n) is 8.73. The van der Waals surface area contributed by atoms with E-state index >= 15 is 0 Å². The van der Waals surface area contributed by atoms with Gasteiger partial charge in [-0.2, -0.15) is 5.10 Å². The van der Waals surface area contributed by atoms with Crippen molar-refractivity contribution in [1.82, 2.24) is 19.6 Å². The number of carbonyl (C=O) groups is 1. The number of amides is 1. The number of aryl methyl sites for hydroxylation is 2. The van der Waals surface area contributed by atoms with Crippen LogP contribution in [0.2, 0.25) is 0 Å². The molecule has 4 heterocycles. The second-order valence-corrected chi connectivity index (χ2v) is 8.22. The van der Waals surface area contributed by atoms with E-state index in [2.05, 4.69) is 28.5 Å². The minimum absolute atomic E-state index is 0.162. The van der Waals surface area contributed by atoms with Gasteiger partial charge in [-0.25, -0.2) is 0 Å². The summed E-state index contributed by atoms with van der Waals surface area (Å²) in [5.74, 6) is 0.162. The van der Waals surface area contributed by atoms with Crippen molar-refractivity contribution < 1.29 is 4.79 Å². The highest BCUT2D eigenvalue weighted by Gasteiger charge is 2.31. The van der Waals surface area contributed by atoms with Crippen LogP contribution < -0.4 is 0 Å². The molecule has 1 atom stereocenters. The monoisotopic (exact) mass is 344 g/mol. The third kappa shape index (κ3) is 2.89. The zero-order chi connectivity index (χ0) is 16.7. The van der Waals surface area contributed by atoms with E-state index in [1.807, 2.05) is 23.2 Å². The molecule has 4 rings (SSSR count). The maximum Gasteiger partial charge on any atom is 0.264 e. The smallest absolute Gasteiger partial charge is 0.264 e. The highest BCUT2D eigenvalue weighted by molar-refractivity contribution is 7.14. The van der Waals surface area contributed by atoms with E-state index in [1.54, 1.807) is 11.3 Å². The average Bonchev–Trinajstić information content (AvgIpc) is 3.29. The van der Waals surface area contributed by atoms with Gasteiger partial charge in [-0.1, -0.05) is 0 Å². The van der Waals surface area contributed by atoms with Crippen molar-refractivity contribution in [2.24, 2.45) is 0 Å². The first-order valence-corrected chi connectivity index (χ1v) is 9.54. The van der Waals surface area contributed by atoms with E-state index in [0.29, 0.717) is 6.54 Å². The molecule has 0 radical (unpaired) electrons. The summed E-state index contributed by atoms with van der Waals surface area (Å²) in [5, 5.41) is 4.52. The van der Waals surface area contributed by atoms with Crippen molar-refractivity contribution in [3.8, 4) is 0 Å². The van der Waals surface area contributed by atoms with Crippen LogP contribution in [0.1, 0.15) is 44.7 Å². The summed E-state index contributed by atoms with van der Waals surface area (Å²) in [6.45, 7) is 8.89. The van der Waals surface area contributed by atoms with Gasteiger partial charge in [0, 0.05) is 24.2 Å². The number of nitrogens with zero attached hydrogens (tertiary/aromatic N) is 4. The quantitative estimate of drug-likeness (QED) is 0.860. The normalized spacial score (nSPS) is 21.2. The molecular weight excluding hydrogens is 320 g/mol. The number of thiophene rings is 1. The van der Waals surface area contributed by atoms with Gasteiger partial charge in [0.05, 0.1) is 23.2 Å². The number of hydrogen-bond donors (Lipinski definition) is 0. The molecule has 0 spiro atoms. The van der Waals surface area contributed by atoms with E-state index in [0.717, 1.165) is 23.7 Å². The Balaban J connectivity index is 1.55. The molecule has 5 nitrogen and oxygen atoms in total. The molecule has 1 amide bonds. The van der Waals surface area contributed by atoms with Gasteiger partial charge in [-0.3, -0.25) is 9.48 Å². The lowest BCUT2D eigenvalue weighted by Gasteiger charge is -2.35. The molecule has 2 aliphatic heterocycles. The Morgan fingerprint density at radius 1 is 1.33 bits per heavy atom. The fourth-order valence-electron chi connectivity index (χ4n) is 3.77. The van der Waals surface area contributed by atoms with Crippen LogP contribution in [0, 0.1) is 13.8 Å². The molecule has 6 heteroatoms. The summed E-state index contributed by atoms with van der Waals surface area (Å²) in [6.07, 6.45) is 4.43. The molecule has 0 aliphatic carbocycles. The Labute approximate surface area is 146 Å². The van der Waals surface area contributed by atoms with Crippen molar-refractivity contribution in [2.45, 2.75) is 39.3 Å². The molecule has 0 unspecified atom stereocenters. The van der Waals surface area contributed by atoms with E-state index < -0.39 is 0 Å². The van der Waals surface area contributed by atoms with Gasteiger partial charge in [0.15, 0.2) is 0 Å². The van der Waals surface area contributed by atoms with Crippen LogP contribution in [0.15, 0.2) is 18.3 Å². The van der Waals surface area contributed by atoms with Crippen LogP contribution in [0.5, 0.6) is 0 Å². The minimum atomic E-state index is 0.162. The van der Waals surface area contributed by atoms with Crippen LogP contribution >= 0.6 is 11.3 Å². The zero-order valence-corrected chi connectivity index (χ0v) is 15.2. The molecule has 0 aromatic carbocycles. The molecule has 0 saturated carbocycles. The van der Waals surface area contributed by atoms with Crippen molar-refractivity contribution in [1.29, 1.82) is 0 Å². The van der Waals surface area contributed by atoms with Gasteiger partial charge in [-0.05, 0) is 57.5 Å². The first kappa shape index (κ1) is 15.8. The van der Waals surface area contributed by atoms with E-state index in [-0.39, 0.29) is 11.9 Å². The lowest BCUT2D eigenvalue weighted by atomic mass is 10.1. The third-order valence-corrected chi connectivity index (χ3v) is 6.35. The number of carbonyl (C=O) groups excluding carboxylic acids is 1. The summed E-state index contributed by atoms with van der Waals surface area (Å²) in [6, 6.07) is 4.33. The molecule has 24 heavy (non-hydrogen) atoms. The highest BCUT2D eigenvalue weighted by Crippen LogP contribution is 2.27. The van der Waals surface area contributed by atoms with Gasteiger partial charge in [0.25, 0.3) is 5.91 Å². The maximum absolute atomic E-state index is 13.0. The van der Waals surface area contributed by atoms with Crippen molar-refractivity contribution >= 4 is 17.2 Å². The predicted molar refractivity (Wildman–Crippen MR) is 95.5 cm³/mol. The van der Waals surface area contributed by atoms with Crippen molar-refractivity contribution in [3.05, 3.63) is 39.3 Å². The van der Waals surface area contributed by atoms with Crippen LogP contribution in [-0.2, 0) is 6.54 Å². The van der Waals surface area contributed by atoms with E-state index in [1.165, 1.54) is 36.4 Å². The summed E-state index contributed by atoms with van der Waals surface area (Å²) in [5.41, 5.74) is 2.35. The fraction of sp³-hybridized carbons (Fsp3) is 0.556. The second kappa shape index (κ2) is 6.33. The molecule has 0 N–H and O–H groups in total. The summed E-state index contributed by atoms with van der Waals surface area (Å²) in [4.78, 5) is 19.6. The number of rotatable bonds is 3. The Morgan fingerprint density at radius 2 is 2.12 bits per heavy atom. The lowest BCUT2D eigenvalue weighted by Crippen LogP contribution is -2.44. The third-order valence-electron chi connectivity index (χ3n) is 5.21. The molecule has 2 aliphatic rings. The zero-order valence-electron chi connectivity index (χ0n) is 14.4. The maximum atomic E-state index is 13.0. The molecule has 1 fully saturated rings. The van der Waals surface area contributed by atoms with Crippen LogP contribution in [0.3, 0.4) is 0 Å². The standard InChI is InChI=1S/C18H24N4OS/c1-13-9-17(24-14(13)2)18(23)21-11-15-5-6-19-22(15)16(12-21)10-20-7-3-4-8-20/h5-6,9,16H,3-4,7-8,10-12H2,1-2H3/t16-/m0/s1. The van der Waals surface area contributed by atoms with Gasteiger partial charge in [-0.15, -0.1) is 11.3 Å². The van der Waals surface area contributed by atoms with E-state index in [9.17, 15) is 4.79 Å². The molecule has 2 aromatic rings. The topological polar surface area (TPSA) is 41.4 Å². The van der Waals surface area contributed by atoms with Crippen LogP contribution in [-0.4, -0.2) is 51.7 Å². The highest BCUT2D eigenvalue weighted by atomic mass is 32.1. The largest absolute Gasteiger partial charge is 0.330 e. The van der Waals surface area contributed by atoms with Crippen molar-refractivity contribution in [2.75, 3.05) is 26.2 Å². The minimum Gasteiger partial charge on any atom is -0.330 e. The lowest BCUT2D eigenvalue weighted by molar-refractivity contribution is 0.0651. The fourth-order valence-corrected chi connectivity index (χ4v) is 4.78. The molecular formula is C18H24N4OS. The van der Waals surface area contributed by atoms with Gasteiger partial charge < -0.3 is 9.80 Å². The van der Waals surface area contributed by atoms with E-state index in [4.69, 9.17) is 0 Å². The Kier molecular flexibility index (Phi) is 4.18. The molecule has 2 aromatic heterocycles. The molecule has 0 bridgehead atoms. The Hall–Kier alpha value is -1.66. The molecule has 1 saturated heterocycles. The Morgan fingerprint density at radius 3 is 2.83 bits per heavy atom. The van der Waals surface area contributed by atoms with Gasteiger partial charge in [0.1, 0.15) is 0 Å². The number of aromatic nitrogens is 2. The van der Waals surface area contributed by atoms with Crippen LogP contribution in [0.25, 0.3) is 0 Å². The Bertz CT molecular complexity index is 725. The number of likely N-dealkylation sites (tertiary alicyclic amines) is 1. The summed E-state index contributed by atoms with van der Waals surface area (Å²) >= 11 is 1.61. The van der Waals surface area contributed by atoms with Crippen molar-refractivity contribution in [3.63, 3.8) is 0 Å². The SMILES string of the molecule is Cc1cc(C(=O)N2Cc3ccnn3[C@@H](CN3CCCC3)C2)sc1C. The number of hydrogen-bond acceptors (Lipinski definition) is 4. The summed E-state index contributed by atoms with van der Waals surface area (Å²) < 4.78 is 2.13. The first-order chi connectivity index (χ1) is 11.6. The van der Waals surface area contributed by atoms with Crippen LogP contribution in [0.4, 0.5) is 0 Å². The number of fused-ring (bicyclic) bond motifs is 1. The summed E-state index contributed by atoms with van der Waals surface area (Å²) in [7, 11) is 0. The van der Waals surface area contributed by atoms with Gasteiger partial charge in [0.2, 0.25) is 0 Å². The predicted octanol–water partition coefficient (Wildman–Crippen LogP) is 2.85. The average molecular weight is 344 g/mol. The molecule has 128 valence electrons. The van der Waals surface area contributed by atoms with Gasteiger partial charge >= 0.3 is 0 Å². The second-order valence-electron chi connectivity index (χ2n) is 6.96.